The Morgan fingerprint density at radius 3 is 2.57 bits per heavy atom. The van der Waals surface area contributed by atoms with Crippen LogP contribution in [0, 0.1) is 12.8 Å². The predicted octanol–water partition coefficient (Wildman–Crippen LogP) is 4.10. The van der Waals surface area contributed by atoms with Crippen molar-refractivity contribution in [2.24, 2.45) is 5.92 Å². The van der Waals surface area contributed by atoms with E-state index < -0.39 is 22.2 Å². The van der Waals surface area contributed by atoms with Gasteiger partial charge in [-0.25, -0.2) is 17.9 Å². The Morgan fingerprint density at radius 1 is 1.11 bits per heavy atom. The van der Waals surface area contributed by atoms with Crippen molar-refractivity contribution >= 4 is 33.1 Å². The summed E-state index contributed by atoms with van der Waals surface area (Å²) in [5.74, 6) is 0.853. The van der Waals surface area contributed by atoms with Crippen LogP contribution in [0.2, 0.25) is 0 Å². The molecular formula is C26H27N3O5S. The molecule has 3 fully saturated rings. The van der Waals surface area contributed by atoms with Crippen LogP contribution in [0.1, 0.15) is 24.0 Å². The number of hydrogen-bond acceptors (Lipinski definition) is 7. The maximum atomic E-state index is 12.8. The van der Waals surface area contributed by atoms with E-state index in [1.54, 1.807) is 25.4 Å². The number of carbonyl (C=O) groups excluding carboxylic acids is 1. The van der Waals surface area contributed by atoms with Crippen molar-refractivity contribution in [3.63, 3.8) is 0 Å². The van der Waals surface area contributed by atoms with Gasteiger partial charge in [0.2, 0.25) is 0 Å². The lowest BCUT2D eigenvalue weighted by Crippen LogP contribution is -2.51. The number of nitrogens with zero attached hydrogens (tertiary/aromatic N) is 2. The lowest BCUT2D eigenvalue weighted by atomic mass is 9.82. The van der Waals surface area contributed by atoms with Gasteiger partial charge >= 0.3 is 6.09 Å². The summed E-state index contributed by atoms with van der Waals surface area (Å²) in [6.07, 6.45) is 4.00. The van der Waals surface area contributed by atoms with Crippen LogP contribution in [0.5, 0.6) is 5.75 Å². The zero-order valence-corrected chi connectivity index (χ0v) is 20.4. The fraction of sp³-hybridized carbons (Fsp3) is 0.308. The summed E-state index contributed by atoms with van der Waals surface area (Å²) < 4.78 is 38.6. The van der Waals surface area contributed by atoms with Crippen molar-refractivity contribution in [1.82, 2.24) is 14.6 Å². The normalized spacial score (nSPS) is 20.7. The number of amides is 1. The molecule has 182 valence electrons. The molecule has 35 heavy (non-hydrogen) atoms. The Balaban J connectivity index is 1.43. The molecule has 2 aromatic carbocycles. The predicted molar refractivity (Wildman–Crippen MR) is 132 cm³/mol. The molecule has 0 aliphatic carbocycles. The second-order valence-corrected chi connectivity index (χ2v) is 10.6. The molecule has 8 nitrogen and oxygen atoms in total. The average molecular weight is 494 g/mol. The maximum Gasteiger partial charge on any atom is 0.421 e. The SMILES string of the molecule is COc1ccc2nccc(/C=C3/C(OC(=O)NS(=O)(=O)c4ccc(C)cc4)C4CCN3CC4)c2c1. The monoisotopic (exact) mass is 493 g/mol. The molecule has 3 aromatic rings. The van der Waals surface area contributed by atoms with Gasteiger partial charge < -0.3 is 14.4 Å². The van der Waals surface area contributed by atoms with Crippen molar-refractivity contribution < 1.29 is 22.7 Å². The van der Waals surface area contributed by atoms with Crippen LogP contribution < -0.4 is 9.46 Å². The maximum absolute atomic E-state index is 12.8. The first-order chi connectivity index (χ1) is 16.8. The van der Waals surface area contributed by atoms with Gasteiger partial charge in [-0.1, -0.05) is 17.7 Å². The molecule has 1 N–H and O–H groups in total. The first-order valence-corrected chi connectivity index (χ1v) is 13.0. The molecule has 3 aliphatic rings. The Kier molecular flexibility index (Phi) is 6.10. The minimum Gasteiger partial charge on any atom is -0.497 e. The number of sulfonamides is 1. The highest BCUT2D eigenvalue weighted by Crippen LogP contribution is 2.38. The highest BCUT2D eigenvalue weighted by atomic mass is 32.2. The molecule has 1 aromatic heterocycles. The molecule has 2 bridgehead atoms. The lowest BCUT2D eigenvalue weighted by Gasteiger charge is -2.47. The van der Waals surface area contributed by atoms with Gasteiger partial charge in [0.05, 0.1) is 23.2 Å². The largest absolute Gasteiger partial charge is 0.497 e. The minimum atomic E-state index is -4.03. The van der Waals surface area contributed by atoms with E-state index in [9.17, 15) is 13.2 Å². The first kappa shape index (κ1) is 23.2. The minimum absolute atomic E-state index is 0.0157. The Bertz CT molecular complexity index is 1390. The number of pyridine rings is 1. The van der Waals surface area contributed by atoms with E-state index in [2.05, 4.69) is 14.6 Å². The van der Waals surface area contributed by atoms with E-state index in [1.807, 2.05) is 37.3 Å². The van der Waals surface area contributed by atoms with Gasteiger partial charge in [0.25, 0.3) is 10.0 Å². The zero-order valence-electron chi connectivity index (χ0n) is 19.6. The fourth-order valence-electron chi connectivity index (χ4n) is 4.80. The third kappa shape index (κ3) is 4.68. The molecule has 0 radical (unpaired) electrons. The van der Waals surface area contributed by atoms with Crippen LogP contribution >= 0.6 is 0 Å². The number of methoxy groups -OCH3 is 1. The Hall–Kier alpha value is -3.59. The van der Waals surface area contributed by atoms with Crippen molar-refractivity contribution in [2.75, 3.05) is 20.2 Å². The molecule has 0 saturated carbocycles. The van der Waals surface area contributed by atoms with E-state index in [-0.39, 0.29) is 10.8 Å². The second-order valence-electron chi connectivity index (χ2n) is 8.92. The van der Waals surface area contributed by atoms with Crippen LogP contribution in [-0.4, -0.2) is 50.7 Å². The summed E-state index contributed by atoms with van der Waals surface area (Å²) >= 11 is 0. The highest BCUT2D eigenvalue weighted by Gasteiger charge is 2.41. The van der Waals surface area contributed by atoms with Crippen LogP contribution in [0.25, 0.3) is 17.0 Å². The molecule has 3 saturated heterocycles. The molecule has 1 unspecified atom stereocenters. The van der Waals surface area contributed by atoms with Crippen molar-refractivity contribution in [3.8, 4) is 5.75 Å². The molecule has 1 amide bonds. The number of hydrogen-bond donors (Lipinski definition) is 1. The van der Waals surface area contributed by atoms with E-state index in [0.29, 0.717) is 0 Å². The van der Waals surface area contributed by atoms with Crippen molar-refractivity contribution in [3.05, 3.63) is 71.6 Å². The van der Waals surface area contributed by atoms with Gasteiger partial charge in [0, 0.05) is 30.6 Å². The molecule has 0 spiro atoms. The molecular weight excluding hydrogens is 466 g/mol. The molecule has 1 atom stereocenters. The Labute approximate surface area is 204 Å². The number of rotatable bonds is 5. The van der Waals surface area contributed by atoms with Gasteiger partial charge in [-0.15, -0.1) is 0 Å². The number of carbonyl (C=O) groups is 1. The molecule has 6 rings (SSSR count). The van der Waals surface area contributed by atoms with E-state index in [4.69, 9.17) is 9.47 Å². The smallest absolute Gasteiger partial charge is 0.421 e. The van der Waals surface area contributed by atoms with Gasteiger partial charge in [-0.3, -0.25) is 4.98 Å². The molecule has 4 heterocycles. The van der Waals surface area contributed by atoms with Gasteiger partial charge in [-0.05, 0) is 67.8 Å². The number of nitrogens with one attached hydrogen (secondary N) is 1. The van der Waals surface area contributed by atoms with Crippen molar-refractivity contribution in [2.45, 2.75) is 30.8 Å². The summed E-state index contributed by atoms with van der Waals surface area (Å²) in [7, 11) is -2.41. The standard InChI is InChI=1S/C26H27N3O5S/c1-17-3-6-21(7-4-17)35(31,32)28-26(30)34-25-18-10-13-29(14-11-18)24(25)15-19-9-12-27-23-8-5-20(33-2)16-22(19)23/h3-9,12,15-16,18,25H,10-11,13-14H2,1-2H3,(H,28,30)/b24-15-. The molecule has 3 aliphatic heterocycles. The number of ether oxygens (including phenoxy) is 2. The Morgan fingerprint density at radius 2 is 1.86 bits per heavy atom. The summed E-state index contributed by atoms with van der Waals surface area (Å²) in [5.41, 5.74) is 3.55. The summed E-state index contributed by atoms with van der Waals surface area (Å²) in [4.78, 5) is 19.4. The van der Waals surface area contributed by atoms with Gasteiger partial charge in [0.15, 0.2) is 0 Å². The fourth-order valence-corrected chi connectivity index (χ4v) is 5.68. The van der Waals surface area contributed by atoms with Crippen molar-refractivity contribution in [1.29, 1.82) is 0 Å². The number of piperidine rings is 3. The van der Waals surface area contributed by atoms with Gasteiger partial charge in [0.1, 0.15) is 11.9 Å². The lowest BCUT2D eigenvalue weighted by molar-refractivity contribution is 0.00697. The quantitative estimate of drug-likeness (QED) is 0.571. The summed E-state index contributed by atoms with van der Waals surface area (Å²) in [5, 5.41) is 0.923. The number of aromatic nitrogens is 1. The summed E-state index contributed by atoms with van der Waals surface area (Å²) in [6.45, 7) is 3.60. The van der Waals surface area contributed by atoms with E-state index in [0.717, 1.165) is 59.4 Å². The summed E-state index contributed by atoms with van der Waals surface area (Å²) in [6, 6.07) is 13.9. The van der Waals surface area contributed by atoms with E-state index >= 15 is 0 Å². The van der Waals surface area contributed by atoms with E-state index in [1.165, 1.54) is 12.1 Å². The van der Waals surface area contributed by atoms with Gasteiger partial charge in [-0.2, -0.15) is 0 Å². The van der Waals surface area contributed by atoms with Crippen LogP contribution in [0.4, 0.5) is 4.79 Å². The molecule has 9 heteroatoms. The third-order valence-corrected chi connectivity index (χ3v) is 8.02. The first-order valence-electron chi connectivity index (χ1n) is 11.5. The van der Waals surface area contributed by atoms with Crippen LogP contribution in [0.3, 0.4) is 0 Å². The number of aryl methyl sites for hydroxylation is 1. The van der Waals surface area contributed by atoms with Crippen LogP contribution in [0.15, 0.2) is 65.3 Å². The highest BCUT2D eigenvalue weighted by molar-refractivity contribution is 7.90. The number of benzene rings is 2. The average Bonchev–Trinajstić information content (AvgIpc) is 2.86. The third-order valence-electron chi connectivity index (χ3n) is 6.69. The topological polar surface area (TPSA) is 97.8 Å². The zero-order chi connectivity index (χ0) is 24.6. The number of fused-ring (bicyclic) bond motifs is 4. The second kappa shape index (κ2) is 9.22. The van der Waals surface area contributed by atoms with Crippen LogP contribution in [-0.2, 0) is 14.8 Å².